The second-order valence-corrected chi connectivity index (χ2v) is 3.52. The zero-order valence-electron chi connectivity index (χ0n) is 8.45. The Morgan fingerprint density at radius 1 is 1.40 bits per heavy atom. The van der Waals surface area contributed by atoms with Crippen LogP contribution in [0.1, 0.15) is 11.1 Å². The zero-order valence-corrected chi connectivity index (χ0v) is 8.45. The lowest BCUT2D eigenvalue weighted by Crippen LogP contribution is -2.17. The van der Waals surface area contributed by atoms with Crippen LogP contribution in [0.4, 0.5) is 0 Å². The van der Waals surface area contributed by atoms with E-state index in [-0.39, 0.29) is 6.42 Å². The summed E-state index contributed by atoms with van der Waals surface area (Å²) in [5.41, 5.74) is 1.66. The Kier molecular flexibility index (Phi) is 2.49. The zero-order chi connectivity index (χ0) is 10.8. The van der Waals surface area contributed by atoms with Gasteiger partial charge in [0.25, 0.3) is 0 Å². The number of hydrogen-bond acceptors (Lipinski definition) is 3. The highest BCUT2D eigenvalue weighted by Crippen LogP contribution is 2.35. The van der Waals surface area contributed by atoms with Crippen molar-refractivity contribution in [2.24, 2.45) is 0 Å². The van der Waals surface area contributed by atoms with E-state index < -0.39 is 5.97 Å². The van der Waals surface area contributed by atoms with Gasteiger partial charge in [0, 0.05) is 5.56 Å². The Morgan fingerprint density at radius 2 is 2.13 bits per heavy atom. The first kappa shape index (κ1) is 9.83. The van der Waals surface area contributed by atoms with Crippen LogP contribution in [0.15, 0.2) is 12.1 Å². The van der Waals surface area contributed by atoms with Crippen molar-refractivity contribution in [3.63, 3.8) is 0 Å². The van der Waals surface area contributed by atoms with Crippen molar-refractivity contribution in [1.82, 2.24) is 0 Å². The molecule has 1 aliphatic rings. The van der Waals surface area contributed by atoms with Gasteiger partial charge in [0.2, 0.25) is 0 Å². The van der Waals surface area contributed by atoms with Crippen molar-refractivity contribution in [2.45, 2.75) is 13.3 Å². The maximum absolute atomic E-state index is 10.7. The average Bonchev–Trinajstić information content (AvgIpc) is 2.16. The number of rotatable bonds is 2. The molecular formula is C11H12O4. The van der Waals surface area contributed by atoms with Crippen molar-refractivity contribution in [1.29, 1.82) is 0 Å². The molecule has 0 atom stereocenters. The van der Waals surface area contributed by atoms with Gasteiger partial charge in [-0.3, -0.25) is 4.79 Å². The van der Waals surface area contributed by atoms with Crippen molar-refractivity contribution < 1.29 is 19.4 Å². The second-order valence-electron chi connectivity index (χ2n) is 3.52. The van der Waals surface area contributed by atoms with Gasteiger partial charge in [-0.15, -0.1) is 0 Å². The predicted molar refractivity (Wildman–Crippen MR) is 53.5 cm³/mol. The molecule has 0 saturated carbocycles. The Balaban J connectivity index is 2.43. The van der Waals surface area contributed by atoms with Crippen LogP contribution in [0.3, 0.4) is 0 Å². The van der Waals surface area contributed by atoms with Crippen LogP contribution in [0.5, 0.6) is 11.5 Å². The minimum atomic E-state index is -0.864. The van der Waals surface area contributed by atoms with Gasteiger partial charge in [-0.25, -0.2) is 0 Å². The number of hydrogen-bond donors (Lipinski definition) is 1. The number of carboxylic acids is 1. The van der Waals surface area contributed by atoms with E-state index in [4.69, 9.17) is 14.6 Å². The molecule has 0 spiro atoms. The van der Waals surface area contributed by atoms with Gasteiger partial charge in [-0.2, -0.15) is 0 Å². The van der Waals surface area contributed by atoms with E-state index in [0.29, 0.717) is 30.3 Å². The fourth-order valence-electron chi connectivity index (χ4n) is 1.67. The fraction of sp³-hybridized carbons (Fsp3) is 0.364. The normalized spacial score (nSPS) is 13.7. The monoisotopic (exact) mass is 208 g/mol. The Hall–Kier alpha value is -1.71. The van der Waals surface area contributed by atoms with E-state index in [0.717, 1.165) is 5.56 Å². The lowest BCUT2D eigenvalue weighted by Gasteiger charge is -2.21. The van der Waals surface area contributed by atoms with Crippen molar-refractivity contribution >= 4 is 5.97 Å². The summed E-state index contributed by atoms with van der Waals surface area (Å²) in [5.74, 6) is 0.365. The van der Waals surface area contributed by atoms with Gasteiger partial charge < -0.3 is 14.6 Å². The van der Waals surface area contributed by atoms with E-state index in [2.05, 4.69) is 0 Å². The van der Waals surface area contributed by atoms with E-state index in [9.17, 15) is 4.79 Å². The van der Waals surface area contributed by atoms with Crippen LogP contribution in [0.2, 0.25) is 0 Å². The van der Waals surface area contributed by atoms with Crippen molar-refractivity contribution in [3.8, 4) is 11.5 Å². The van der Waals surface area contributed by atoms with Crippen molar-refractivity contribution in [2.75, 3.05) is 13.2 Å². The molecule has 1 heterocycles. The van der Waals surface area contributed by atoms with Gasteiger partial charge in [0.05, 0.1) is 6.42 Å². The molecule has 1 aromatic rings. The molecule has 0 aliphatic carbocycles. The summed E-state index contributed by atoms with van der Waals surface area (Å²) in [4.78, 5) is 10.7. The molecule has 0 amide bonds. The first-order chi connectivity index (χ1) is 7.16. The van der Waals surface area contributed by atoms with Gasteiger partial charge >= 0.3 is 5.97 Å². The number of ether oxygens (including phenoxy) is 2. The topological polar surface area (TPSA) is 55.8 Å². The maximum atomic E-state index is 10.7. The summed E-state index contributed by atoms with van der Waals surface area (Å²) in [6.07, 6.45) is -0.0344. The molecule has 1 aromatic carbocycles. The maximum Gasteiger partial charge on any atom is 0.307 e. The third kappa shape index (κ3) is 2.03. The van der Waals surface area contributed by atoms with Gasteiger partial charge in [-0.1, -0.05) is 6.07 Å². The number of aryl methyl sites for hydroxylation is 1. The Bertz CT molecular complexity index is 398. The van der Waals surface area contributed by atoms with Gasteiger partial charge in [0.1, 0.15) is 13.2 Å². The highest BCUT2D eigenvalue weighted by atomic mass is 16.6. The van der Waals surface area contributed by atoms with E-state index in [1.54, 1.807) is 0 Å². The van der Waals surface area contributed by atoms with E-state index in [1.807, 2.05) is 19.1 Å². The lowest BCUT2D eigenvalue weighted by atomic mass is 10.1. The molecule has 0 radical (unpaired) electrons. The third-order valence-corrected chi connectivity index (χ3v) is 2.21. The molecule has 0 fully saturated rings. The molecule has 0 saturated heterocycles. The summed E-state index contributed by atoms with van der Waals surface area (Å²) in [7, 11) is 0. The molecule has 4 heteroatoms. The SMILES string of the molecule is Cc1cc(CC(=O)O)c2c(c1)OCCO2. The first-order valence-corrected chi connectivity index (χ1v) is 4.78. The molecule has 1 aliphatic heterocycles. The summed E-state index contributed by atoms with van der Waals surface area (Å²) >= 11 is 0. The number of fused-ring (bicyclic) bond motifs is 1. The molecule has 0 bridgehead atoms. The molecule has 80 valence electrons. The van der Waals surface area contributed by atoms with Crippen LogP contribution in [-0.2, 0) is 11.2 Å². The van der Waals surface area contributed by atoms with Crippen LogP contribution < -0.4 is 9.47 Å². The molecular weight excluding hydrogens is 196 g/mol. The first-order valence-electron chi connectivity index (χ1n) is 4.78. The summed E-state index contributed by atoms with van der Waals surface area (Å²) in [6.45, 7) is 2.90. The van der Waals surface area contributed by atoms with E-state index in [1.165, 1.54) is 0 Å². The van der Waals surface area contributed by atoms with Crippen LogP contribution in [0.25, 0.3) is 0 Å². The molecule has 0 aromatic heterocycles. The van der Waals surface area contributed by atoms with E-state index >= 15 is 0 Å². The summed E-state index contributed by atoms with van der Waals surface area (Å²) in [6, 6.07) is 3.68. The highest BCUT2D eigenvalue weighted by Gasteiger charge is 2.18. The Labute approximate surface area is 87.4 Å². The number of carboxylic acid groups (broad SMARTS) is 1. The second kappa shape index (κ2) is 3.81. The average molecular weight is 208 g/mol. The molecule has 2 rings (SSSR count). The quantitative estimate of drug-likeness (QED) is 0.798. The third-order valence-electron chi connectivity index (χ3n) is 2.21. The summed E-state index contributed by atoms with van der Waals surface area (Å²) in [5, 5.41) is 8.76. The standard InChI is InChI=1S/C11H12O4/c1-7-4-8(6-10(12)13)11-9(5-7)14-2-3-15-11/h4-5H,2-3,6H2,1H3,(H,12,13). The van der Waals surface area contributed by atoms with Crippen molar-refractivity contribution in [3.05, 3.63) is 23.3 Å². The molecule has 1 N–H and O–H groups in total. The summed E-state index contributed by atoms with van der Waals surface area (Å²) < 4.78 is 10.8. The minimum absolute atomic E-state index is 0.0344. The molecule has 4 nitrogen and oxygen atoms in total. The molecule has 0 unspecified atom stereocenters. The van der Waals surface area contributed by atoms with Crippen LogP contribution in [-0.4, -0.2) is 24.3 Å². The van der Waals surface area contributed by atoms with Crippen LogP contribution in [0, 0.1) is 6.92 Å². The number of benzene rings is 1. The molecule has 15 heavy (non-hydrogen) atoms. The predicted octanol–water partition coefficient (Wildman–Crippen LogP) is 1.39. The smallest absolute Gasteiger partial charge is 0.307 e. The number of carbonyl (C=O) groups is 1. The highest BCUT2D eigenvalue weighted by molar-refractivity contribution is 5.72. The van der Waals surface area contributed by atoms with Gasteiger partial charge in [0.15, 0.2) is 11.5 Å². The largest absolute Gasteiger partial charge is 0.486 e. The fourth-order valence-corrected chi connectivity index (χ4v) is 1.67. The van der Waals surface area contributed by atoms with Crippen LogP contribution >= 0.6 is 0 Å². The minimum Gasteiger partial charge on any atom is -0.486 e. The van der Waals surface area contributed by atoms with Gasteiger partial charge in [-0.05, 0) is 18.6 Å². The number of aliphatic carboxylic acids is 1. The Morgan fingerprint density at radius 3 is 2.87 bits per heavy atom. The lowest BCUT2D eigenvalue weighted by molar-refractivity contribution is -0.136.